The summed E-state index contributed by atoms with van der Waals surface area (Å²) in [5.41, 5.74) is 0.602. The van der Waals surface area contributed by atoms with Gasteiger partial charge in [0.1, 0.15) is 0 Å². The fourth-order valence-corrected chi connectivity index (χ4v) is 3.14. The summed E-state index contributed by atoms with van der Waals surface area (Å²) in [4.78, 5) is 13.3. The van der Waals surface area contributed by atoms with E-state index in [0.29, 0.717) is 18.2 Å². The molecule has 0 atom stereocenters. The minimum absolute atomic E-state index is 0.112. The van der Waals surface area contributed by atoms with Crippen LogP contribution in [0.2, 0.25) is 0 Å². The number of hydrogen-bond acceptors (Lipinski definition) is 5. The van der Waals surface area contributed by atoms with E-state index in [0.717, 1.165) is 17.9 Å². The zero-order valence-electron chi connectivity index (χ0n) is 9.94. The average molecular weight is 291 g/mol. The number of aromatic nitrogens is 1. The third-order valence-corrected chi connectivity index (χ3v) is 4.78. The monoisotopic (exact) mass is 291 g/mol. The Labute approximate surface area is 110 Å². The Morgan fingerprint density at radius 2 is 2.22 bits per heavy atom. The molecule has 0 spiro atoms. The van der Waals surface area contributed by atoms with E-state index in [1.54, 1.807) is 5.38 Å². The van der Waals surface area contributed by atoms with Gasteiger partial charge in [-0.15, -0.1) is 0 Å². The number of hydrogen-bond donors (Lipinski definition) is 3. The molecule has 1 saturated carbocycles. The first kappa shape index (κ1) is 13.7. The van der Waals surface area contributed by atoms with Gasteiger partial charge in [0.05, 0.1) is 12.3 Å². The van der Waals surface area contributed by atoms with Crippen molar-refractivity contribution >= 4 is 21.4 Å². The molecule has 0 saturated heterocycles. The molecule has 3 N–H and O–H groups in total. The third-order valence-electron chi connectivity index (χ3n) is 2.65. The largest absolute Gasteiger partial charge is 0.315 e. The van der Waals surface area contributed by atoms with Crippen LogP contribution in [0.5, 0.6) is 0 Å². The maximum absolute atomic E-state index is 11.6. The second-order valence-corrected chi connectivity index (χ2v) is 7.16. The van der Waals surface area contributed by atoms with Gasteiger partial charge >= 0.3 is 4.87 Å². The van der Waals surface area contributed by atoms with Gasteiger partial charge < -0.3 is 10.3 Å². The van der Waals surface area contributed by atoms with E-state index in [2.05, 4.69) is 15.0 Å². The number of aromatic amines is 1. The molecule has 0 unspecified atom stereocenters. The molecule has 1 aromatic rings. The summed E-state index contributed by atoms with van der Waals surface area (Å²) < 4.78 is 25.8. The van der Waals surface area contributed by atoms with Gasteiger partial charge in [0.2, 0.25) is 10.0 Å². The van der Waals surface area contributed by atoms with E-state index in [-0.39, 0.29) is 17.2 Å². The molecule has 0 radical (unpaired) electrons. The first-order valence-corrected chi connectivity index (χ1v) is 8.46. The molecule has 0 aromatic carbocycles. The molecule has 1 aliphatic rings. The van der Waals surface area contributed by atoms with Crippen LogP contribution in [0.25, 0.3) is 0 Å². The first-order chi connectivity index (χ1) is 8.55. The molecule has 0 aliphatic heterocycles. The van der Waals surface area contributed by atoms with Gasteiger partial charge in [0, 0.05) is 17.1 Å². The molecule has 0 bridgehead atoms. The van der Waals surface area contributed by atoms with Crippen LogP contribution >= 0.6 is 11.3 Å². The lowest BCUT2D eigenvalue weighted by Crippen LogP contribution is -2.28. The van der Waals surface area contributed by atoms with Crippen molar-refractivity contribution < 1.29 is 8.42 Å². The Hall–Kier alpha value is -0.700. The molecule has 18 heavy (non-hydrogen) atoms. The Bertz CT molecular complexity index is 531. The van der Waals surface area contributed by atoms with Crippen molar-refractivity contribution in [3.63, 3.8) is 0 Å². The van der Waals surface area contributed by atoms with Crippen LogP contribution in [0.15, 0.2) is 10.2 Å². The van der Waals surface area contributed by atoms with Gasteiger partial charge in [-0.1, -0.05) is 11.3 Å². The van der Waals surface area contributed by atoms with Gasteiger partial charge in [0.25, 0.3) is 0 Å². The zero-order valence-corrected chi connectivity index (χ0v) is 11.6. The lowest BCUT2D eigenvalue weighted by atomic mass is 10.5. The molecule has 1 fully saturated rings. The van der Waals surface area contributed by atoms with Crippen LogP contribution in [0.1, 0.15) is 25.0 Å². The van der Waals surface area contributed by atoms with Crippen LogP contribution in [0, 0.1) is 0 Å². The van der Waals surface area contributed by atoms with Crippen molar-refractivity contribution in [3.05, 3.63) is 20.7 Å². The fourth-order valence-electron chi connectivity index (χ4n) is 1.52. The second-order valence-electron chi connectivity index (χ2n) is 4.40. The van der Waals surface area contributed by atoms with Crippen molar-refractivity contribution in [2.75, 3.05) is 12.3 Å². The van der Waals surface area contributed by atoms with E-state index in [4.69, 9.17) is 0 Å². The third kappa shape index (κ3) is 4.89. The van der Waals surface area contributed by atoms with E-state index in [1.807, 2.05) is 0 Å². The summed E-state index contributed by atoms with van der Waals surface area (Å²) in [6.07, 6.45) is 3.01. The van der Waals surface area contributed by atoms with Crippen molar-refractivity contribution in [2.45, 2.75) is 31.8 Å². The van der Waals surface area contributed by atoms with Gasteiger partial charge in [-0.25, -0.2) is 13.1 Å². The standard InChI is InChI=1S/C10H17N3O3S2/c14-10-13-9(7-17-10)6-12-18(15,16)5-1-4-11-8-2-3-8/h7-8,11-12H,1-6H2,(H,13,14). The molecule has 8 heteroatoms. The Kier molecular flexibility index (Phi) is 4.55. The van der Waals surface area contributed by atoms with Crippen LogP contribution in [-0.4, -0.2) is 31.7 Å². The molecule has 0 amide bonds. The fraction of sp³-hybridized carbons (Fsp3) is 0.700. The molecule has 2 rings (SSSR count). The van der Waals surface area contributed by atoms with Crippen molar-refractivity contribution in [2.24, 2.45) is 0 Å². The van der Waals surface area contributed by atoms with Crippen molar-refractivity contribution in [1.29, 1.82) is 0 Å². The second kappa shape index (κ2) is 5.96. The first-order valence-electron chi connectivity index (χ1n) is 5.92. The van der Waals surface area contributed by atoms with Gasteiger partial charge in [0.15, 0.2) is 0 Å². The summed E-state index contributed by atoms with van der Waals surface area (Å²) in [6, 6.07) is 0.608. The van der Waals surface area contributed by atoms with Crippen molar-refractivity contribution in [3.8, 4) is 0 Å². The Morgan fingerprint density at radius 1 is 1.44 bits per heavy atom. The highest BCUT2D eigenvalue weighted by atomic mass is 32.2. The van der Waals surface area contributed by atoms with Crippen LogP contribution in [-0.2, 0) is 16.6 Å². The lowest BCUT2D eigenvalue weighted by Gasteiger charge is -2.06. The smallest absolute Gasteiger partial charge is 0.304 e. The van der Waals surface area contributed by atoms with Crippen LogP contribution < -0.4 is 14.9 Å². The van der Waals surface area contributed by atoms with E-state index in [1.165, 1.54) is 12.8 Å². The number of nitrogens with one attached hydrogen (secondary N) is 3. The summed E-state index contributed by atoms with van der Waals surface area (Å²) >= 11 is 1.03. The van der Waals surface area contributed by atoms with E-state index in [9.17, 15) is 13.2 Å². The van der Waals surface area contributed by atoms with Gasteiger partial charge in [-0.3, -0.25) is 4.79 Å². The predicted octanol–water partition coefficient (Wildman–Crippen LogP) is -0.00210. The van der Waals surface area contributed by atoms with Crippen LogP contribution in [0.4, 0.5) is 0 Å². The molecule has 102 valence electrons. The summed E-state index contributed by atoms with van der Waals surface area (Å²) in [6.45, 7) is 0.887. The maximum atomic E-state index is 11.6. The minimum Gasteiger partial charge on any atom is -0.315 e. The van der Waals surface area contributed by atoms with Crippen molar-refractivity contribution in [1.82, 2.24) is 15.0 Å². The maximum Gasteiger partial charge on any atom is 0.304 e. The highest BCUT2D eigenvalue weighted by Gasteiger charge is 2.20. The molecular formula is C10H17N3O3S2. The lowest BCUT2D eigenvalue weighted by molar-refractivity contribution is 0.573. The Morgan fingerprint density at radius 3 is 2.83 bits per heavy atom. The highest BCUT2D eigenvalue weighted by Crippen LogP contribution is 2.18. The number of thiazole rings is 1. The average Bonchev–Trinajstić information content (AvgIpc) is 3.04. The summed E-state index contributed by atoms with van der Waals surface area (Å²) in [7, 11) is -3.26. The molecule has 1 aliphatic carbocycles. The number of sulfonamides is 1. The van der Waals surface area contributed by atoms with Crippen LogP contribution in [0.3, 0.4) is 0 Å². The highest BCUT2D eigenvalue weighted by molar-refractivity contribution is 7.89. The molecule has 1 heterocycles. The minimum atomic E-state index is -3.26. The predicted molar refractivity (Wildman–Crippen MR) is 71.2 cm³/mol. The normalized spacial score (nSPS) is 16.0. The Balaban J connectivity index is 1.67. The molecular weight excluding hydrogens is 274 g/mol. The topological polar surface area (TPSA) is 91.1 Å². The van der Waals surface area contributed by atoms with Gasteiger partial charge in [-0.05, 0) is 25.8 Å². The molecule has 6 nitrogen and oxygen atoms in total. The summed E-state index contributed by atoms with van der Waals surface area (Å²) in [5, 5.41) is 4.89. The SMILES string of the molecule is O=c1[nH]c(CNS(=O)(=O)CCCNC2CC2)cs1. The van der Waals surface area contributed by atoms with E-state index >= 15 is 0 Å². The van der Waals surface area contributed by atoms with Gasteiger partial charge in [-0.2, -0.15) is 0 Å². The number of rotatable bonds is 8. The quantitative estimate of drug-likeness (QED) is 0.588. The zero-order chi connectivity index (χ0) is 13.0. The number of H-pyrrole nitrogens is 1. The molecule has 1 aromatic heterocycles. The van der Waals surface area contributed by atoms with E-state index < -0.39 is 10.0 Å². The summed E-state index contributed by atoms with van der Waals surface area (Å²) in [5.74, 6) is 0.112.